The van der Waals surface area contributed by atoms with E-state index in [9.17, 15) is 38.4 Å². The van der Waals surface area contributed by atoms with Gasteiger partial charge in [0.15, 0.2) is 11.8 Å². The maximum absolute atomic E-state index is 14.1. The van der Waals surface area contributed by atoms with E-state index >= 15 is 0 Å². The molecule has 0 aromatic heterocycles. The van der Waals surface area contributed by atoms with Gasteiger partial charge < -0.3 is 38.1 Å². The van der Waals surface area contributed by atoms with Crippen LogP contribution in [0.5, 0.6) is 0 Å². The van der Waals surface area contributed by atoms with Gasteiger partial charge in [0.05, 0.1) is 6.42 Å². The lowest BCUT2D eigenvalue weighted by Crippen LogP contribution is -2.57. The summed E-state index contributed by atoms with van der Waals surface area (Å²) in [5.74, 6) is -0.405. The molecule has 2 aliphatic rings. The van der Waals surface area contributed by atoms with Crippen molar-refractivity contribution < 1.29 is 38.4 Å². The molecule has 0 bridgehead atoms. The zero-order valence-electron chi connectivity index (χ0n) is 31.1. The molecule has 1 aliphatic carbocycles. The molecule has 15 nitrogen and oxygen atoms in total. The fourth-order valence-corrected chi connectivity index (χ4v) is 6.57. The summed E-state index contributed by atoms with van der Waals surface area (Å²) in [5.41, 5.74) is 12.3. The first kappa shape index (κ1) is 42.4. The lowest BCUT2D eigenvalue weighted by molar-refractivity contribution is -0.133. The highest BCUT2D eigenvalue weighted by atomic mass is 16.2. The molecule has 7 amide bonds. The highest BCUT2D eigenvalue weighted by Crippen LogP contribution is 2.27. The van der Waals surface area contributed by atoms with Crippen LogP contribution in [0.3, 0.4) is 0 Å². The van der Waals surface area contributed by atoms with Crippen molar-refractivity contribution in [2.75, 3.05) is 6.54 Å². The minimum atomic E-state index is -1.57. The van der Waals surface area contributed by atoms with E-state index in [2.05, 4.69) is 38.4 Å². The van der Waals surface area contributed by atoms with Gasteiger partial charge in [0.25, 0.3) is 5.91 Å². The molecule has 1 saturated carbocycles. The monoisotopic (exact) mass is 767 g/mol. The van der Waals surface area contributed by atoms with Crippen LogP contribution >= 0.6 is 0 Å². The Labute approximate surface area is 325 Å². The molecule has 4 atom stereocenters. The lowest BCUT2D eigenvalue weighted by Gasteiger charge is -2.29. The summed E-state index contributed by atoms with van der Waals surface area (Å²) in [7, 11) is 0. The summed E-state index contributed by atoms with van der Waals surface area (Å²) >= 11 is 0. The van der Waals surface area contributed by atoms with E-state index in [1.807, 2.05) is 6.07 Å². The molecule has 56 heavy (non-hydrogen) atoms. The van der Waals surface area contributed by atoms with E-state index in [1.54, 1.807) is 48.5 Å². The number of hydrogen-bond donors (Lipinski definition) is 7. The standard InChI is InChI=1S/C41H49N7O8/c42-34(49)16-9-15-31-40(55)48-33(24-26-10-3-1-4-11-26)41(56)47-32(25-27-17-19-29(20-18-27)37(52)28-12-5-2-6-13-28)39(54)44-23-8-7-14-30(38(43)53)45-35(50)21-22-36(51)46-31/h2,5-6,12-13,17-22,26,30-33H,1,3-4,7-8,10-11,14,16,23-25H2,(H2,42,49)(H2,43,53)(H,44,54)(H,45,50)(H,46,51)(H,47,56)(H,48,55)/b22-21+. The van der Waals surface area contributed by atoms with Gasteiger partial charge >= 0.3 is 0 Å². The number of carbonyl (C=O) groups is 8. The minimum absolute atomic E-state index is 0.0425. The number of benzene rings is 2. The Kier molecular flexibility index (Phi) is 16.3. The Morgan fingerprint density at radius 1 is 0.661 bits per heavy atom. The van der Waals surface area contributed by atoms with Crippen LogP contribution in [-0.2, 0) is 40.0 Å². The molecule has 4 rings (SSSR count). The molecule has 15 heteroatoms. The third kappa shape index (κ3) is 13.8. The van der Waals surface area contributed by atoms with Crippen LogP contribution in [0.15, 0.2) is 66.7 Å². The quantitative estimate of drug-likeness (QED) is 0.148. The second-order valence-electron chi connectivity index (χ2n) is 13.9. The summed E-state index contributed by atoms with van der Waals surface area (Å²) in [6.45, 7) is 0.170. The molecule has 1 fully saturated rings. The number of nitrogens with two attached hydrogens (primary N) is 2. The SMILES string of the molecule is NC(=O)CC#CC1NC(=O)/C=C/C(=O)NC(C(N)=O)CCCCNC(=O)C(Cc2ccc(C(=O)c3ccccc3)cc2)NC(=O)C(CC2CCCCC2)NC1=O. The van der Waals surface area contributed by atoms with Crippen LogP contribution in [0, 0.1) is 17.8 Å². The lowest BCUT2D eigenvalue weighted by atomic mass is 9.84. The third-order valence-electron chi connectivity index (χ3n) is 9.57. The van der Waals surface area contributed by atoms with Crippen LogP contribution < -0.4 is 38.1 Å². The van der Waals surface area contributed by atoms with Gasteiger partial charge in [-0.25, -0.2) is 0 Å². The highest BCUT2D eigenvalue weighted by molar-refractivity contribution is 6.09. The van der Waals surface area contributed by atoms with Crippen molar-refractivity contribution in [3.8, 4) is 11.8 Å². The van der Waals surface area contributed by atoms with Crippen molar-refractivity contribution >= 4 is 47.1 Å². The van der Waals surface area contributed by atoms with Crippen LogP contribution in [-0.4, -0.2) is 77.8 Å². The summed E-state index contributed by atoms with van der Waals surface area (Å²) in [6.07, 6.45) is 7.14. The van der Waals surface area contributed by atoms with E-state index in [1.165, 1.54) is 0 Å². The Hall–Kier alpha value is -6.30. The van der Waals surface area contributed by atoms with E-state index in [0.29, 0.717) is 29.5 Å². The van der Waals surface area contributed by atoms with E-state index in [-0.39, 0.29) is 37.5 Å². The molecule has 0 radical (unpaired) electrons. The van der Waals surface area contributed by atoms with Crippen molar-refractivity contribution in [1.82, 2.24) is 26.6 Å². The summed E-state index contributed by atoms with van der Waals surface area (Å²) in [4.78, 5) is 103. The minimum Gasteiger partial charge on any atom is -0.369 e. The Morgan fingerprint density at radius 3 is 1.95 bits per heavy atom. The van der Waals surface area contributed by atoms with E-state index in [4.69, 9.17) is 11.5 Å². The second kappa shape index (κ2) is 21.6. The van der Waals surface area contributed by atoms with Crippen LogP contribution in [0.2, 0.25) is 0 Å². The molecule has 0 spiro atoms. The number of amides is 7. The predicted octanol–water partition coefficient (Wildman–Crippen LogP) is 0.590. The average molecular weight is 768 g/mol. The average Bonchev–Trinajstić information content (AvgIpc) is 3.18. The highest BCUT2D eigenvalue weighted by Gasteiger charge is 2.32. The number of hydrogen-bond acceptors (Lipinski definition) is 8. The van der Waals surface area contributed by atoms with Crippen molar-refractivity contribution in [3.63, 3.8) is 0 Å². The molecule has 296 valence electrons. The molecule has 9 N–H and O–H groups in total. The first-order valence-electron chi connectivity index (χ1n) is 18.8. The topological polar surface area (TPSA) is 249 Å². The molecule has 2 aromatic rings. The van der Waals surface area contributed by atoms with Gasteiger partial charge in [-0.3, -0.25) is 38.4 Å². The molecule has 1 aliphatic heterocycles. The Bertz CT molecular complexity index is 1850. The molecular formula is C41H49N7O8. The van der Waals surface area contributed by atoms with Gasteiger partial charge in [-0.1, -0.05) is 98.5 Å². The van der Waals surface area contributed by atoms with Crippen molar-refractivity contribution in [1.29, 1.82) is 0 Å². The van der Waals surface area contributed by atoms with Crippen molar-refractivity contribution in [2.45, 2.75) is 94.8 Å². The number of nitrogens with one attached hydrogen (secondary N) is 5. The first-order valence-corrected chi connectivity index (χ1v) is 18.8. The number of ketones is 1. The first-order chi connectivity index (χ1) is 26.9. The molecule has 4 unspecified atom stereocenters. The van der Waals surface area contributed by atoms with Gasteiger partial charge in [-0.2, -0.15) is 0 Å². The zero-order chi connectivity index (χ0) is 40.5. The molecular weight excluding hydrogens is 718 g/mol. The maximum Gasteiger partial charge on any atom is 0.255 e. The molecule has 2 aromatic carbocycles. The number of primary amides is 2. The molecule has 1 heterocycles. The third-order valence-corrected chi connectivity index (χ3v) is 9.57. The Morgan fingerprint density at radius 2 is 1.29 bits per heavy atom. The van der Waals surface area contributed by atoms with Gasteiger partial charge in [0.2, 0.25) is 35.4 Å². The maximum atomic E-state index is 14.1. The largest absolute Gasteiger partial charge is 0.369 e. The van der Waals surface area contributed by atoms with E-state index < -0.39 is 71.9 Å². The Balaban J connectivity index is 1.64. The van der Waals surface area contributed by atoms with Crippen LogP contribution in [0.25, 0.3) is 0 Å². The second-order valence-corrected chi connectivity index (χ2v) is 13.9. The van der Waals surface area contributed by atoms with Gasteiger partial charge in [0.1, 0.15) is 18.1 Å². The predicted molar refractivity (Wildman–Crippen MR) is 206 cm³/mol. The van der Waals surface area contributed by atoms with Crippen molar-refractivity contribution in [2.24, 2.45) is 17.4 Å². The van der Waals surface area contributed by atoms with Crippen LogP contribution in [0.4, 0.5) is 0 Å². The smallest absolute Gasteiger partial charge is 0.255 e. The summed E-state index contributed by atoms with van der Waals surface area (Å²) < 4.78 is 0. The fourth-order valence-electron chi connectivity index (χ4n) is 6.57. The summed E-state index contributed by atoms with van der Waals surface area (Å²) in [6, 6.07) is 10.6. The number of carbonyl (C=O) groups excluding carboxylic acids is 8. The summed E-state index contributed by atoms with van der Waals surface area (Å²) in [5, 5.41) is 13.2. The van der Waals surface area contributed by atoms with Gasteiger partial charge in [-0.15, -0.1) is 0 Å². The van der Waals surface area contributed by atoms with Gasteiger partial charge in [0, 0.05) is 36.2 Å². The van der Waals surface area contributed by atoms with Crippen LogP contribution in [0.1, 0.15) is 85.7 Å². The normalized spacial score (nSPS) is 22.7. The number of rotatable bonds is 8. The van der Waals surface area contributed by atoms with Crippen molar-refractivity contribution in [3.05, 3.63) is 83.4 Å². The van der Waals surface area contributed by atoms with Gasteiger partial charge in [-0.05, 0) is 37.2 Å². The zero-order valence-corrected chi connectivity index (χ0v) is 31.1. The molecule has 0 saturated heterocycles. The fraction of sp³-hybridized carbons (Fsp3) is 0.415. The van der Waals surface area contributed by atoms with E-state index in [0.717, 1.165) is 44.3 Å².